The smallest absolute Gasteiger partial charge is 0.415 e. The molecule has 1 heterocycles. The van der Waals surface area contributed by atoms with E-state index in [0.29, 0.717) is 24.8 Å². The number of hydrogen-bond acceptors (Lipinski definition) is 5. The van der Waals surface area contributed by atoms with Gasteiger partial charge >= 0.3 is 18.0 Å². The second kappa shape index (κ2) is 10.4. The van der Waals surface area contributed by atoms with Crippen molar-refractivity contribution in [3.63, 3.8) is 0 Å². The summed E-state index contributed by atoms with van der Waals surface area (Å²) < 4.78 is 23.9. The van der Waals surface area contributed by atoms with E-state index < -0.39 is 18.0 Å². The van der Waals surface area contributed by atoms with Crippen LogP contribution in [0.5, 0.6) is 5.75 Å². The van der Waals surface area contributed by atoms with Gasteiger partial charge in [-0.3, -0.25) is 0 Å². The van der Waals surface area contributed by atoms with Gasteiger partial charge in [-0.25, -0.2) is 18.8 Å². The summed E-state index contributed by atoms with van der Waals surface area (Å²) in [5, 5.41) is 8.63. The molecule has 0 aromatic heterocycles. The zero-order chi connectivity index (χ0) is 22.2. The van der Waals surface area contributed by atoms with Gasteiger partial charge in [0.1, 0.15) is 11.6 Å². The molecule has 2 atom stereocenters. The van der Waals surface area contributed by atoms with Crippen molar-refractivity contribution < 1.29 is 33.4 Å². The van der Waals surface area contributed by atoms with Crippen LogP contribution in [0.3, 0.4) is 0 Å². The molecule has 7 nitrogen and oxygen atoms in total. The van der Waals surface area contributed by atoms with E-state index in [1.807, 2.05) is 6.07 Å². The molecule has 1 aliphatic rings. The van der Waals surface area contributed by atoms with Gasteiger partial charge in [-0.15, -0.1) is 0 Å². The summed E-state index contributed by atoms with van der Waals surface area (Å²) in [6.07, 6.45) is 1.60. The number of para-hydroxylation sites is 1. The van der Waals surface area contributed by atoms with Crippen LogP contribution in [0.4, 0.5) is 9.18 Å². The van der Waals surface area contributed by atoms with Crippen LogP contribution in [0.1, 0.15) is 17.9 Å². The first-order valence-electron chi connectivity index (χ1n) is 9.77. The van der Waals surface area contributed by atoms with Crippen LogP contribution in [-0.2, 0) is 14.3 Å². The molecule has 2 aromatic rings. The molecule has 0 radical (unpaired) electrons. The average Bonchev–Trinajstić information content (AvgIpc) is 2.77. The Bertz CT molecular complexity index is 944. The second-order valence-corrected chi connectivity index (χ2v) is 7.14. The quantitative estimate of drug-likeness (QED) is 0.559. The van der Waals surface area contributed by atoms with E-state index in [2.05, 4.69) is 0 Å². The molecule has 0 bridgehead atoms. The Morgan fingerprint density at radius 3 is 2.45 bits per heavy atom. The number of esters is 1. The molecule has 1 fully saturated rings. The molecular formula is C23H22FNO6. The highest BCUT2D eigenvalue weighted by Crippen LogP contribution is 2.34. The summed E-state index contributed by atoms with van der Waals surface area (Å²) >= 11 is 0. The highest BCUT2D eigenvalue weighted by Gasteiger charge is 2.34. The molecule has 0 spiro atoms. The maximum Gasteiger partial charge on any atom is 0.415 e. The molecule has 8 heteroatoms. The van der Waals surface area contributed by atoms with E-state index in [1.54, 1.807) is 41.3 Å². The van der Waals surface area contributed by atoms with Crippen molar-refractivity contribution in [2.45, 2.75) is 12.3 Å². The summed E-state index contributed by atoms with van der Waals surface area (Å²) in [5.74, 6) is -2.32. The monoisotopic (exact) mass is 427 g/mol. The Kier molecular flexibility index (Phi) is 7.37. The van der Waals surface area contributed by atoms with Gasteiger partial charge in [0.25, 0.3) is 0 Å². The van der Waals surface area contributed by atoms with E-state index in [1.165, 1.54) is 12.1 Å². The Morgan fingerprint density at radius 2 is 1.77 bits per heavy atom. The molecule has 0 aliphatic carbocycles. The van der Waals surface area contributed by atoms with E-state index in [9.17, 15) is 18.8 Å². The molecule has 1 N–H and O–H groups in total. The van der Waals surface area contributed by atoms with Crippen LogP contribution in [0.25, 0.3) is 0 Å². The van der Waals surface area contributed by atoms with Crippen molar-refractivity contribution in [1.82, 2.24) is 4.90 Å². The number of carboxylic acid groups (broad SMARTS) is 1. The van der Waals surface area contributed by atoms with Crippen LogP contribution in [-0.4, -0.2) is 47.7 Å². The fraction of sp³-hybridized carbons (Fsp3) is 0.261. The van der Waals surface area contributed by atoms with Crippen LogP contribution >= 0.6 is 0 Å². The number of ether oxygens (including phenoxy) is 2. The number of nitrogens with zero attached hydrogens (tertiary/aromatic N) is 1. The SMILES string of the molecule is O=C(O)C=CC(=O)OC[C@H]1CN(C(=O)Oc2ccccc2)CC[C@@H]1c1ccc(F)cc1. The van der Waals surface area contributed by atoms with Crippen LogP contribution < -0.4 is 4.74 Å². The van der Waals surface area contributed by atoms with Crippen LogP contribution in [0, 0.1) is 11.7 Å². The lowest BCUT2D eigenvalue weighted by molar-refractivity contribution is -0.140. The third kappa shape index (κ3) is 6.40. The number of halogens is 1. The summed E-state index contributed by atoms with van der Waals surface area (Å²) in [4.78, 5) is 36.5. The predicted octanol–water partition coefficient (Wildman–Crippen LogP) is 3.61. The molecular weight excluding hydrogens is 405 g/mol. The summed E-state index contributed by atoms with van der Waals surface area (Å²) in [6, 6.07) is 14.8. The number of likely N-dealkylation sites (tertiary alicyclic amines) is 1. The van der Waals surface area contributed by atoms with Crippen molar-refractivity contribution in [3.05, 3.63) is 78.1 Å². The van der Waals surface area contributed by atoms with Gasteiger partial charge < -0.3 is 19.5 Å². The van der Waals surface area contributed by atoms with E-state index in [4.69, 9.17) is 14.6 Å². The highest BCUT2D eigenvalue weighted by atomic mass is 19.1. The zero-order valence-electron chi connectivity index (χ0n) is 16.6. The normalized spacial score (nSPS) is 18.5. The molecule has 1 saturated heterocycles. The summed E-state index contributed by atoms with van der Waals surface area (Å²) in [7, 11) is 0. The summed E-state index contributed by atoms with van der Waals surface area (Å²) in [5.41, 5.74) is 0.875. The fourth-order valence-electron chi connectivity index (χ4n) is 3.55. The summed E-state index contributed by atoms with van der Waals surface area (Å²) in [6.45, 7) is 0.667. The Labute approximate surface area is 178 Å². The number of benzene rings is 2. The van der Waals surface area contributed by atoms with Crippen LogP contribution in [0.2, 0.25) is 0 Å². The first kappa shape index (κ1) is 22.0. The standard InChI is InChI=1S/C23H22FNO6/c24-18-8-6-16(7-9-18)20-12-13-25(23(29)31-19-4-2-1-3-5-19)14-17(20)15-30-22(28)11-10-21(26)27/h1-11,17,20H,12-15H2,(H,26,27)/t17-,20-/m1/s1. The molecule has 0 saturated carbocycles. The number of carbonyl (C=O) groups is 3. The fourth-order valence-corrected chi connectivity index (χ4v) is 3.55. The lowest BCUT2D eigenvalue weighted by atomic mass is 9.81. The van der Waals surface area contributed by atoms with Crippen molar-refractivity contribution in [3.8, 4) is 5.75 Å². The second-order valence-electron chi connectivity index (χ2n) is 7.14. The molecule has 1 aliphatic heterocycles. The largest absolute Gasteiger partial charge is 0.478 e. The Hall–Kier alpha value is -3.68. The predicted molar refractivity (Wildman–Crippen MR) is 109 cm³/mol. The van der Waals surface area contributed by atoms with Gasteiger partial charge in [-0.1, -0.05) is 30.3 Å². The Balaban J connectivity index is 1.70. The number of hydrogen-bond donors (Lipinski definition) is 1. The van der Waals surface area contributed by atoms with Gasteiger partial charge in [-0.2, -0.15) is 0 Å². The first-order valence-corrected chi connectivity index (χ1v) is 9.77. The third-order valence-electron chi connectivity index (χ3n) is 5.04. The van der Waals surface area contributed by atoms with E-state index >= 15 is 0 Å². The van der Waals surface area contributed by atoms with Gasteiger partial charge in [0.2, 0.25) is 0 Å². The van der Waals surface area contributed by atoms with Crippen molar-refractivity contribution in [2.24, 2.45) is 5.92 Å². The van der Waals surface area contributed by atoms with Crippen molar-refractivity contribution >= 4 is 18.0 Å². The molecule has 162 valence electrons. The van der Waals surface area contributed by atoms with E-state index in [-0.39, 0.29) is 30.8 Å². The van der Waals surface area contributed by atoms with Gasteiger partial charge in [0.05, 0.1) is 6.61 Å². The molecule has 0 unspecified atom stereocenters. The van der Waals surface area contributed by atoms with E-state index in [0.717, 1.165) is 11.6 Å². The average molecular weight is 427 g/mol. The lowest BCUT2D eigenvalue weighted by Gasteiger charge is -2.38. The van der Waals surface area contributed by atoms with Crippen molar-refractivity contribution in [2.75, 3.05) is 19.7 Å². The first-order chi connectivity index (χ1) is 14.9. The van der Waals surface area contributed by atoms with Gasteiger partial charge in [-0.05, 0) is 42.2 Å². The maximum atomic E-state index is 13.3. The maximum absolute atomic E-state index is 13.3. The number of piperidine rings is 1. The number of carboxylic acids is 1. The molecule has 1 amide bonds. The zero-order valence-corrected chi connectivity index (χ0v) is 16.6. The lowest BCUT2D eigenvalue weighted by Crippen LogP contribution is -2.45. The minimum atomic E-state index is -1.26. The Morgan fingerprint density at radius 1 is 1.06 bits per heavy atom. The molecule has 2 aromatic carbocycles. The number of rotatable bonds is 6. The minimum Gasteiger partial charge on any atom is -0.478 e. The minimum absolute atomic E-state index is 0.0278. The topological polar surface area (TPSA) is 93.1 Å². The van der Waals surface area contributed by atoms with Gasteiger partial charge in [0, 0.05) is 31.2 Å². The number of amides is 1. The third-order valence-corrected chi connectivity index (χ3v) is 5.04. The highest BCUT2D eigenvalue weighted by molar-refractivity contribution is 5.90. The number of aliphatic carboxylic acids is 1. The molecule has 3 rings (SSSR count). The van der Waals surface area contributed by atoms with Crippen molar-refractivity contribution in [1.29, 1.82) is 0 Å². The van der Waals surface area contributed by atoms with Crippen LogP contribution in [0.15, 0.2) is 66.7 Å². The molecule has 31 heavy (non-hydrogen) atoms. The van der Waals surface area contributed by atoms with Gasteiger partial charge in [0.15, 0.2) is 0 Å². The number of carbonyl (C=O) groups excluding carboxylic acids is 2.